The van der Waals surface area contributed by atoms with Crippen molar-refractivity contribution in [1.29, 1.82) is 5.26 Å². The summed E-state index contributed by atoms with van der Waals surface area (Å²) in [6.45, 7) is 6.89. The van der Waals surface area contributed by atoms with Crippen LogP contribution in [0, 0.1) is 11.3 Å². The zero-order chi connectivity index (χ0) is 18.8. The Morgan fingerprint density at radius 3 is 1.92 bits per heavy atom. The molecule has 0 N–H and O–H groups in total. The van der Waals surface area contributed by atoms with Gasteiger partial charge in [-0.25, -0.2) is 0 Å². The van der Waals surface area contributed by atoms with E-state index in [1.54, 1.807) is 0 Å². The van der Waals surface area contributed by atoms with Crippen LogP contribution in [-0.2, 0) is 0 Å². The summed E-state index contributed by atoms with van der Waals surface area (Å²) in [4.78, 5) is 0. The maximum atomic E-state index is 9.06. The van der Waals surface area contributed by atoms with Gasteiger partial charge in [0.15, 0.2) is 0 Å². The van der Waals surface area contributed by atoms with Crippen molar-refractivity contribution in [1.82, 2.24) is 15.0 Å². The summed E-state index contributed by atoms with van der Waals surface area (Å²) in [5.74, 6) is 0. The summed E-state index contributed by atoms with van der Waals surface area (Å²) in [7, 11) is 0. The Bertz CT molecular complexity index is 678. The fraction of sp³-hybridized carbons (Fsp3) is 0.571. The van der Waals surface area contributed by atoms with E-state index in [0.717, 1.165) is 5.69 Å². The van der Waals surface area contributed by atoms with Gasteiger partial charge in [0.05, 0.1) is 0 Å². The fourth-order valence-electron chi connectivity index (χ4n) is 3.77. The molecular weight excluding hydrogens is 427 g/mol. The van der Waals surface area contributed by atoms with E-state index in [1.165, 1.54) is 55.5 Å². The normalized spacial score (nSPS) is 11.5. The van der Waals surface area contributed by atoms with Gasteiger partial charge in [-0.15, -0.1) is 0 Å². The minimum absolute atomic E-state index is 0.688. The van der Waals surface area contributed by atoms with Crippen molar-refractivity contribution < 1.29 is 0 Å². The Balaban J connectivity index is 2.45. The topological polar surface area (TPSA) is 54.5 Å². The molecule has 0 spiro atoms. The molecule has 0 unspecified atom stereocenters. The standard InChI is InChI=1S/C9H5N4.3C4H9.Sn/c10-7-8-1-3-9(4-2-8)13-6-5-11-12-13;3*1-3-4-2;/h1-5H;3*1,3-4H2,2H3;. The van der Waals surface area contributed by atoms with Crippen LogP contribution in [0.1, 0.15) is 64.9 Å². The predicted molar refractivity (Wildman–Crippen MR) is 111 cm³/mol. The van der Waals surface area contributed by atoms with Crippen LogP contribution in [0.4, 0.5) is 0 Å². The van der Waals surface area contributed by atoms with E-state index >= 15 is 0 Å². The van der Waals surface area contributed by atoms with E-state index in [1.807, 2.05) is 24.3 Å². The molecule has 1 aromatic carbocycles. The summed E-state index contributed by atoms with van der Waals surface area (Å²) >= 11 is -2.58. The molecule has 26 heavy (non-hydrogen) atoms. The van der Waals surface area contributed by atoms with E-state index in [2.05, 4.69) is 48.0 Å². The molecule has 1 heterocycles. The second-order valence-electron chi connectivity index (χ2n) is 7.28. The van der Waals surface area contributed by atoms with Gasteiger partial charge in [0.2, 0.25) is 0 Å². The number of nitrogens with zero attached hydrogens (tertiary/aromatic N) is 4. The van der Waals surface area contributed by atoms with Gasteiger partial charge in [0.25, 0.3) is 0 Å². The van der Waals surface area contributed by atoms with Gasteiger partial charge < -0.3 is 0 Å². The van der Waals surface area contributed by atoms with E-state index in [-0.39, 0.29) is 0 Å². The average Bonchev–Trinajstić information content (AvgIpc) is 3.18. The van der Waals surface area contributed by atoms with Gasteiger partial charge in [-0.3, -0.25) is 0 Å². The quantitative estimate of drug-likeness (QED) is 0.435. The van der Waals surface area contributed by atoms with Crippen molar-refractivity contribution in [3.63, 3.8) is 0 Å². The second-order valence-corrected chi connectivity index (χ2v) is 20.3. The SMILES string of the molecule is CCC[CH2][Sn]([CH2]CCC)([CH2]CCC)[c]1cnnn1-c1ccc(C#N)cc1. The molecule has 0 radical (unpaired) electrons. The van der Waals surface area contributed by atoms with Crippen molar-refractivity contribution in [2.24, 2.45) is 0 Å². The summed E-state index contributed by atoms with van der Waals surface area (Å²) in [5.41, 5.74) is 1.73. The number of hydrogen-bond acceptors (Lipinski definition) is 3. The average molecular weight is 459 g/mol. The van der Waals surface area contributed by atoms with Crippen molar-refractivity contribution in [2.45, 2.75) is 72.6 Å². The van der Waals surface area contributed by atoms with E-state index in [0.29, 0.717) is 5.56 Å². The Morgan fingerprint density at radius 2 is 1.46 bits per heavy atom. The van der Waals surface area contributed by atoms with Gasteiger partial charge >= 0.3 is 163 Å². The van der Waals surface area contributed by atoms with Crippen molar-refractivity contribution in [3.8, 4) is 11.8 Å². The monoisotopic (exact) mass is 460 g/mol. The molecule has 5 heteroatoms. The van der Waals surface area contributed by atoms with Crippen molar-refractivity contribution in [3.05, 3.63) is 36.0 Å². The van der Waals surface area contributed by atoms with Crippen molar-refractivity contribution >= 4 is 22.1 Å². The first-order chi connectivity index (χ1) is 12.7. The van der Waals surface area contributed by atoms with E-state index in [9.17, 15) is 0 Å². The third kappa shape index (κ3) is 5.09. The molecule has 140 valence electrons. The Labute approximate surface area is 162 Å². The van der Waals surface area contributed by atoms with Crippen LogP contribution in [0.2, 0.25) is 13.3 Å². The third-order valence-electron chi connectivity index (χ3n) is 5.36. The molecule has 0 atom stereocenters. The molecule has 0 fully saturated rings. The van der Waals surface area contributed by atoms with Crippen LogP contribution >= 0.6 is 0 Å². The molecule has 2 rings (SSSR count). The molecule has 0 aliphatic heterocycles. The van der Waals surface area contributed by atoms with Crippen molar-refractivity contribution in [2.75, 3.05) is 0 Å². The van der Waals surface area contributed by atoms with Gasteiger partial charge in [-0.2, -0.15) is 0 Å². The van der Waals surface area contributed by atoms with E-state index < -0.39 is 18.4 Å². The number of benzene rings is 1. The molecule has 4 nitrogen and oxygen atoms in total. The van der Waals surface area contributed by atoms with Crippen LogP contribution in [-0.4, -0.2) is 33.4 Å². The number of unbranched alkanes of at least 4 members (excludes halogenated alkanes) is 3. The number of nitriles is 1. The zero-order valence-corrected chi connectivity index (χ0v) is 19.4. The summed E-state index contributed by atoms with van der Waals surface area (Å²) < 4.78 is 7.73. The molecule has 2 aromatic rings. The molecule has 1 aromatic heterocycles. The zero-order valence-electron chi connectivity index (χ0n) is 16.5. The van der Waals surface area contributed by atoms with Gasteiger partial charge in [-0.1, -0.05) is 0 Å². The minimum atomic E-state index is -2.58. The molecule has 0 aliphatic carbocycles. The van der Waals surface area contributed by atoms with Gasteiger partial charge in [-0.05, 0) is 0 Å². The maximum absolute atomic E-state index is 9.06. The summed E-state index contributed by atoms with van der Waals surface area (Å²) in [6, 6.07) is 9.96. The molecule has 0 amide bonds. The van der Waals surface area contributed by atoms with Crippen LogP contribution in [0.5, 0.6) is 0 Å². The van der Waals surface area contributed by atoms with Gasteiger partial charge in [0.1, 0.15) is 0 Å². The molecular formula is C21H32N4Sn. The van der Waals surface area contributed by atoms with Crippen LogP contribution in [0.25, 0.3) is 5.69 Å². The molecule has 0 saturated heterocycles. The number of aromatic nitrogens is 3. The number of hydrogen-bond donors (Lipinski definition) is 0. The number of rotatable bonds is 11. The van der Waals surface area contributed by atoms with Gasteiger partial charge in [0, 0.05) is 0 Å². The first-order valence-corrected chi connectivity index (χ1v) is 17.6. The Kier molecular flexibility index (Phi) is 8.63. The van der Waals surface area contributed by atoms with Crippen LogP contribution in [0.15, 0.2) is 30.5 Å². The van der Waals surface area contributed by atoms with E-state index in [4.69, 9.17) is 5.26 Å². The van der Waals surface area contributed by atoms with Crippen LogP contribution < -0.4 is 3.71 Å². The molecule has 0 saturated carbocycles. The Hall–Kier alpha value is -1.35. The van der Waals surface area contributed by atoms with Crippen LogP contribution in [0.3, 0.4) is 0 Å². The first kappa shape index (κ1) is 21.0. The molecule has 0 aliphatic rings. The first-order valence-electron chi connectivity index (χ1n) is 10.1. The Morgan fingerprint density at radius 1 is 0.923 bits per heavy atom. The predicted octanol–water partition coefficient (Wildman–Crippen LogP) is 5.20. The second kappa shape index (κ2) is 10.7. The third-order valence-corrected chi connectivity index (χ3v) is 20.7. The summed E-state index contributed by atoms with van der Waals surface area (Å²) in [5, 5.41) is 17.9. The summed E-state index contributed by atoms with van der Waals surface area (Å²) in [6.07, 6.45) is 9.81. The molecule has 0 bridgehead atoms. The fourth-order valence-corrected chi connectivity index (χ4v) is 19.6.